The van der Waals surface area contributed by atoms with Crippen LogP contribution in [0.4, 0.5) is 0 Å². The third kappa shape index (κ3) is 9.42. The molecule has 1 amide bonds. The standard InChI is InChI=1S/C25H37NO/c1-4-6-7-8-11-16-21(3)17-12-9-10-13-18-22-19-14-15-20-24(22)23(5-2)25(26)27/h10-17,19-21,23H,4-9,18H2,1-3H3,(H2,26,27)/b13-10-,16-11-,17-12-. The van der Waals surface area contributed by atoms with Gasteiger partial charge in [0, 0.05) is 0 Å². The summed E-state index contributed by atoms with van der Waals surface area (Å²) in [6, 6.07) is 8.12. The molecule has 0 aromatic heterocycles. The van der Waals surface area contributed by atoms with Crippen LogP contribution in [0.15, 0.2) is 60.7 Å². The molecular weight excluding hydrogens is 330 g/mol. The van der Waals surface area contributed by atoms with Crippen molar-refractivity contribution in [3.05, 3.63) is 71.8 Å². The minimum atomic E-state index is -0.242. The minimum Gasteiger partial charge on any atom is -0.369 e. The lowest BCUT2D eigenvalue weighted by molar-refractivity contribution is -0.119. The normalized spacial score (nSPS) is 14.3. The molecule has 0 heterocycles. The molecule has 0 bridgehead atoms. The van der Waals surface area contributed by atoms with E-state index in [1.54, 1.807) is 0 Å². The Morgan fingerprint density at radius 2 is 1.78 bits per heavy atom. The van der Waals surface area contributed by atoms with Crippen molar-refractivity contribution in [1.82, 2.24) is 0 Å². The van der Waals surface area contributed by atoms with E-state index in [2.05, 4.69) is 56.4 Å². The first kappa shape index (κ1) is 23.0. The fourth-order valence-electron chi connectivity index (χ4n) is 3.20. The number of carbonyl (C=O) groups is 1. The molecule has 2 unspecified atom stereocenters. The molecule has 0 spiro atoms. The van der Waals surface area contributed by atoms with Crippen molar-refractivity contribution in [1.29, 1.82) is 0 Å². The van der Waals surface area contributed by atoms with Crippen LogP contribution in [0.25, 0.3) is 0 Å². The molecule has 2 nitrogen and oxygen atoms in total. The first-order valence-electron chi connectivity index (χ1n) is 10.5. The summed E-state index contributed by atoms with van der Waals surface area (Å²) in [5.74, 6) is 0.0506. The zero-order valence-corrected chi connectivity index (χ0v) is 17.4. The molecule has 0 aliphatic heterocycles. The Balaban J connectivity index is 2.46. The smallest absolute Gasteiger partial charge is 0.224 e. The SMILES string of the molecule is CCCCC/C=C\C(C)/C=C\C/C=C\Cc1ccccc1C(CC)C(N)=O. The highest BCUT2D eigenvalue weighted by molar-refractivity contribution is 5.82. The van der Waals surface area contributed by atoms with E-state index < -0.39 is 0 Å². The highest BCUT2D eigenvalue weighted by atomic mass is 16.1. The van der Waals surface area contributed by atoms with Gasteiger partial charge in [-0.2, -0.15) is 0 Å². The van der Waals surface area contributed by atoms with Crippen molar-refractivity contribution in [2.75, 3.05) is 0 Å². The average Bonchev–Trinajstić information content (AvgIpc) is 2.65. The Morgan fingerprint density at radius 1 is 1.04 bits per heavy atom. The summed E-state index contributed by atoms with van der Waals surface area (Å²) >= 11 is 0. The largest absolute Gasteiger partial charge is 0.369 e. The van der Waals surface area contributed by atoms with Gasteiger partial charge in [0.15, 0.2) is 0 Å². The van der Waals surface area contributed by atoms with Crippen molar-refractivity contribution >= 4 is 5.91 Å². The lowest BCUT2D eigenvalue weighted by atomic mass is 9.90. The molecule has 1 rings (SSSR count). The molecule has 27 heavy (non-hydrogen) atoms. The van der Waals surface area contributed by atoms with Crippen molar-refractivity contribution in [2.45, 2.75) is 71.6 Å². The number of unbranched alkanes of at least 4 members (excludes halogenated alkanes) is 3. The Morgan fingerprint density at radius 3 is 2.48 bits per heavy atom. The number of benzene rings is 1. The molecule has 2 N–H and O–H groups in total. The monoisotopic (exact) mass is 367 g/mol. The first-order chi connectivity index (χ1) is 13.1. The predicted octanol–water partition coefficient (Wildman–Crippen LogP) is 6.48. The molecule has 0 saturated heterocycles. The van der Waals surface area contributed by atoms with Crippen LogP contribution >= 0.6 is 0 Å². The molecule has 2 atom stereocenters. The van der Waals surface area contributed by atoms with Crippen LogP contribution in [0.1, 0.15) is 76.3 Å². The van der Waals surface area contributed by atoms with Crippen LogP contribution in [-0.4, -0.2) is 5.91 Å². The zero-order chi connectivity index (χ0) is 19.9. The van der Waals surface area contributed by atoms with Gasteiger partial charge in [0.2, 0.25) is 5.91 Å². The first-order valence-corrected chi connectivity index (χ1v) is 10.5. The molecule has 0 aliphatic carbocycles. The lowest BCUT2D eigenvalue weighted by Gasteiger charge is -2.15. The van der Waals surface area contributed by atoms with Crippen molar-refractivity contribution < 1.29 is 4.79 Å². The highest BCUT2D eigenvalue weighted by Gasteiger charge is 2.17. The maximum atomic E-state index is 11.7. The van der Waals surface area contributed by atoms with Crippen LogP contribution < -0.4 is 5.73 Å². The summed E-state index contributed by atoms with van der Waals surface area (Å²) in [5, 5.41) is 0. The fourth-order valence-corrected chi connectivity index (χ4v) is 3.20. The maximum Gasteiger partial charge on any atom is 0.224 e. The van der Waals surface area contributed by atoms with Gasteiger partial charge in [0.25, 0.3) is 0 Å². The van der Waals surface area contributed by atoms with E-state index in [-0.39, 0.29) is 11.8 Å². The van der Waals surface area contributed by atoms with Gasteiger partial charge in [-0.25, -0.2) is 0 Å². The van der Waals surface area contributed by atoms with Crippen LogP contribution in [0.2, 0.25) is 0 Å². The molecule has 1 aromatic rings. The average molecular weight is 368 g/mol. The maximum absolute atomic E-state index is 11.7. The van der Waals surface area contributed by atoms with E-state index in [1.807, 2.05) is 25.1 Å². The predicted molar refractivity (Wildman–Crippen MR) is 118 cm³/mol. The van der Waals surface area contributed by atoms with Crippen LogP contribution in [0, 0.1) is 5.92 Å². The van der Waals surface area contributed by atoms with Gasteiger partial charge < -0.3 is 5.73 Å². The van der Waals surface area contributed by atoms with Gasteiger partial charge in [-0.3, -0.25) is 4.79 Å². The molecule has 0 saturated carbocycles. The topological polar surface area (TPSA) is 43.1 Å². The van der Waals surface area contributed by atoms with Crippen molar-refractivity contribution in [2.24, 2.45) is 11.7 Å². The quantitative estimate of drug-likeness (QED) is 0.314. The summed E-state index contributed by atoms with van der Waals surface area (Å²) in [6.07, 6.45) is 21.0. The number of carbonyl (C=O) groups excluding carboxylic acids is 1. The van der Waals surface area contributed by atoms with E-state index in [4.69, 9.17) is 5.73 Å². The molecule has 1 aromatic carbocycles. The number of rotatable bonds is 13. The van der Waals surface area contributed by atoms with Gasteiger partial charge in [0.1, 0.15) is 0 Å². The molecule has 2 heteroatoms. The lowest BCUT2D eigenvalue weighted by Crippen LogP contribution is -2.21. The van der Waals surface area contributed by atoms with Crippen LogP contribution in [0.3, 0.4) is 0 Å². The van der Waals surface area contributed by atoms with Gasteiger partial charge in [-0.1, -0.05) is 94.3 Å². The summed E-state index contributed by atoms with van der Waals surface area (Å²) in [5.41, 5.74) is 7.81. The number of amides is 1. The molecular formula is C25H37NO. The van der Waals surface area contributed by atoms with Gasteiger partial charge in [-0.15, -0.1) is 0 Å². The summed E-state index contributed by atoms with van der Waals surface area (Å²) in [6.45, 7) is 6.47. The minimum absolute atomic E-state index is 0.195. The highest BCUT2D eigenvalue weighted by Crippen LogP contribution is 2.23. The van der Waals surface area contributed by atoms with E-state index >= 15 is 0 Å². The number of hydrogen-bond donors (Lipinski definition) is 1. The van der Waals surface area contributed by atoms with Crippen LogP contribution in [0.5, 0.6) is 0 Å². The molecule has 0 fully saturated rings. The van der Waals surface area contributed by atoms with E-state index in [9.17, 15) is 4.79 Å². The Bertz CT molecular complexity index is 627. The Labute approximate surface area is 166 Å². The third-order valence-electron chi connectivity index (χ3n) is 4.81. The number of primary amides is 1. The zero-order valence-electron chi connectivity index (χ0n) is 17.4. The summed E-state index contributed by atoms with van der Waals surface area (Å²) in [4.78, 5) is 11.7. The van der Waals surface area contributed by atoms with Gasteiger partial charge in [-0.05, 0) is 49.1 Å². The Hall–Kier alpha value is -2.09. The third-order valence-corrected chi connectivity index (χ3v) is 4.81. The molecule has 0 radical (unpaired) electrons. The number of allylic oxidation sites excluding steroid dienone is 6. The van der Waals surface area contributed by atoms with Gasteiger partial charge in [0.05, 0.1) is 5.92 Å². The van der Waals surface area contributed by atoms with E-state index in [0.29, 0.717) is 5.92 Å². The van der Waals surface area contributed by atoms with E-state index in [1.165, 1.54) is 31.2 Å². The molecule has 148 valence electrons. The number of hydrogen-bond acceptors (Lipinski definition) is 1. The Kier molecular flexibility index (Phi) is 11.9. The molecule has 0 aliphatic rings. The second-order valence-corrected chi connectivity index (χ2v) is 7.18. The summed E-state index contributed by atoms with van der Waals surface area (Å²) < 4.78 is 0. The van der Waals surface area contributed by atoms with E-state index in [0.717, 1.165) is 24.8 Å². The fraction of sp³-hybridized carbons (Fsp3) is 0.480. The van der Waals surface area contributed by atoms with Crippen molar-refractivity contribution in [3.8, 4) is 0 Å². The van der Waals surface area contributed by atoms with Crippen molar-refractivity contribution in [3.63, 3.8) is 0 Å². The van der Waals surface area contributed by atoms with Gasteiger partial charge >= 0.3 is 0 Å². The second kappa shape index (κ2) is 14.0. The second-order valence-electron chi connectivity index (χ2n) is 7.18. The summed E-state index contributed by atoms with van der Waals surface area (Å²) in [7, 11) is 0. The van der Waals surface area contributed by atoms with Crippen LogP contribution in [-0.2, 0) is 11.2 Å². The number of nitrogens with two attached hydrogens (primary N) is 1.